The number of nitrogens with zero attached hydrogens (tertiary/aromatic N) is 1. The molecule has 2 heterocycles. The van der Waals surface area contributed by atoms with Crippen molar-refractivity contribution in [3.8, 4) is 17.2 Å². The number of benzene rings is 3. The van der Waals surface area contributed by atoms with Crippen molar-refractivity contribution in [3.05, 3.63) is 94.4 Å². The van der Waals surface area contributed by atoms with Crippen molar-refractivity contribution in [1.29, 1.82) is 0 Å². The van der Waals surface area contributed by atoms with Crippen LogP contribution in [-0.4, -0.2) is 23.4 Å². The minimum atomic E-state index is -0.460. The number of hydrogen-bond donors (Lipinski definition) is 0. The Hall–Kier alpha value is -4.32. The van der Waals surface area contributed by atoms with Crippen molar-refractivity contribution in [2.24, 2.45) is 0 Å². The van der Waals surface area contributed by atoms with Gasteiger partial charge in [-0.25, -0.2) is 4.79 Å². The molecule has 6 heteroatoms. The molecule has 0 radical (unpaired) electrons. The second kappa shape index (κ2) is 8.80. The van der Waals surface area contributed by atoms with Gasteiger partial charge >= 0.3 is 5.97 Å². The zero-order valence-electron chi connectivity index (χ0n) is 20.0. The van der Waals surface area contributed by atoms with E-state index in [1.807, 2.05) is 43.5 Å². The zero-order valence-corrected chi connectivity index (χ0v) is 20.0. The van der Waals surface area contributed by atoms with Crippen LogP contribution in [0, 0.1) is 13.8 Å². The van der Waals surface area contributed by atoms with Crippen molar-refractivity contribution >= 4 is 28.7 Å². The third kappa shape index (κ3) is 3.97. The molecule has 0 amide bonds. The summed E-state index contributed by atoms with van der Waals surface area (Å²) in [7, 11) is 1.63. The van der Waals surface area contributed by atoms with Gasteiger partial charge in [0, 0.05) is 34.8 Å². The van der Waals surface area contributed by atoms with Crippen LogP contribution < -0.4 is 14.2 Å². The lowest BCUT2D eigenvalue weighted by atomic mass is 10.1. The minimum absolute atomic E-state index is 0.208. The van der Waals surface area contributed by atoms with Crippen LogP contribution in [0.4, 0.5) is 0 Å². The van der Waals surface area contributed by atoms with E-state index in [9.17, 15) is 9.59 Å². The highest BCUT2D eigenvalue weighted by Crippen LogP contribution is 2.40. The number of aryl methyl sites for hydroxylation is 2. The molecule has 0 spiro atoms. The first-order chi connectivity index (χ1) is 16.9. The fraction of sp³-hybridized carbons (Fsp3) is 0.172. The van der Waals surface area contributed by atoms with Crippen molar-refractivity contribution in [3.63, 3.8) is 0 Å². The van der Waals surface area contributed by atoms with Crippen molar-refractivity contribution in [1.82, 2.24) is 4.57 Å². The van der Waals surface area contributed by atoms with Crippen LogP contribution in [0.3, 0.4) is 0 Å². The third-order valence-corrected chi connectivity index (χ3v) is 6.24. The molecule has 4 aromatic rings. The van der Waals surface area contributed by atoms with Crippen LogP contribution in [-0.2, 0) is 6.54 Å². The number of hydrogen-bond acceptors (Lipinski definition) is 5. The molecule has 0 saturated heterocycles. The average Bonchev–Trinajstić information content (AvgIpc) is 3.38. The van der Waals surface area contributed by atoms with Gasteiger partial charge in [0.2, 0.25) is 5.78 Å². The Morgan fingerprint density at radius 2 is 1.91 bits per heavy atom. The summed E-state index contributed by atoms with van der Waals surface area (Å²) in [6.45, 7) is 6.55. The summed E-state index contributed by atoms with van der Waals surface area (Å²) < 4.78 is 19.2. The van der Waals surface area contributed by atoms with Crippen LogP contribution >= 0.6 is 0 Å². The first kappa shape index (κ1) is 22.5. The highest BCUT2D eigenvalue weighted by atomic mass is 16.5. The average molecular weight is 468 g/mol. The number of methoxy groups -OCH3 is 1. The van der Waals surface area contributed by atoms with Crippen LogP contribution in [0.5, 0.6) is 17.2 Å². The summed E-state index contributed by atoms with van der Waals surface area (Å²) in [6, 6.07) is 16.4. The Labute approximate surface area is 203 Å². The van der Waals surface area contributed by atoms with E-state index in [0.29, 0.717) is 28.2 Å². The summed E-state index contributed by atoms with van der Waals surface area (Å²) >= 11 is 0. The van der Waals surface area contributed by atoms with Gasteiger partial charge in [0.25, 0.3) is 0 Å². The number of ether oxygens (including phenoxy) is 3. The van der Waals surface area contributed by atoms with Crippen LogP contribution in [0.15, 0.2) is 66.6 Å². The van der Waals surface area contributed by atoms with Crippen molar-refractivity contribution < 1.29 is 23.8 Å². The molecule has 0 N–H and O–H groups in total. The second-order valence-electron chi connectivity index (χ2n) is 8.52. The van der Waals surface area contributed by atoms with E-state index < -0.39 is 5.97 Å². The zero-order chi connectivity index (χ0) is 24.7. The van der Waals surface area contributed by atoms with Gasteiger partial charge in [-0.2, -0.15) is 0 Å². The molecule has 0 saturated carbocycles. The number of ketones is 1. The highest BCUT2D eigenvalue weighted by molar-refractivity contribution is 6.15. The number of Topliss-reactive ketones (excluding diaryl/α,β-unsaturated/α-hetero) is 1. The van der Waals surface area contributed by atoms with E-state index in [1.54, 1.807) is 44.4 Å². The molecule has 176 valence electrons. The largest absolute Gasteiger partial charge is 0.497 e. The summed E-state index contributed by atoms with van der Waals surface area (Å²) in [5.41, 5.74) is 4.38. The maximum atomic E-state index is 13.1. The Bertz CT molecular complexity index is 1530. The number of rotatable bonds is 5. The molecular formula is C29H25NO5. The molecule has 6 nitrogen and oxygen atoms in total. The van der Waals surface area contributed by atoms with E-state index in [0.717, 1.165) is 34.3 Å². The van der Waals surface area contributed by atoms with Gasteiger partial charge < -0.3 is 18.8 Å². The van der Waals surface area contributed by atoms with Crippen molar-refractivity contribution in [2.75, 3.05) is 7.11 Å². The normalized spacial score (nSPS) is 13.7. The molecule has 0 atom stereocenters. The van der Waals surface area contributed by atoms with Gasteiger partial charge in [-0.1, -0.05) is 17.7 Å². The number of carbonyl (C=O) groups is 2. The molecule has 3 aromatic carbocycles. The maximum absolute atomic E-state index is 13.1. The van der Waals surface area contributed by atoms with Gasteiger partial charge in [0.1, 0.15) is 17.2 Å². The topological polar surface area (TPSA) is 66.8 Å². The number of allylic oxidation sites excluding steroid dienone is 1. The SMILES string of the molecule is CCn1cc(/C=C2\Oc3c(ccc(OC(=O)c4cccc(C)c4)c3C)C2=O)c2cc(OC)ccc21. The lowest BCUT2D eigenvalue weighted by Crippen LogP contribution is -2.09. The Morgan fingerprint density at radius 1 is 1.09 bits per heavy atom. The molecule has 0 bridgehead atoms. The van der Waals surface area contributed by atoms with E-state index in [1.165, 1.54) is 0 Å². The summed E-state index contributed by atoms with van der Waals surface area (Å²) in [4.78, 5) is 25.8. The van der Waals surface area contributed by atoms with Crippen molar-refractivity contribution in [2.45, 2.75) is 27.3 Å². The number of aromatic nitrogens is 1. The van der Waals surface area contributed by atoms with Crippen LogP contribution in [0.2, 0.25) is 0 Å². The molecule has 1 aliphatic heterocycles. The fourth-order valence-electron chi connectivity index (χ4n) is 4.36. The third-order valence-electron chi connectivity index (χ3n) is 6.24. The summed E-state index contributed by atoms with van der Waals surface area (Å²) in [6.07, 6.45) is 3.76. The number of fused-ring (bicyclic) bond motifs is 2. The van der Waals surface area contributed by atoms with E-state index in [2.05, 4.69) is 11.5 Å². The van der Waals surface area contributed by atoms with Gasteiger partial charge in [-0.05, 0) is 69.3 Å². The van der Waals surface area contributed by atoms with E-state index >= 15 is 0 Å². The van der Waals surface area contributed by atoms with E-state index in [-0.39, 0.29) is 11.5 Å². The Morgan fingerprint density at radius 3 is 2.66 bits per heavy atom. The first-order valence-corrected chi connectivity index (χ1v) is 11.4. The fourth-order valence-corrected chi connectivity index (χ4v) is 4.36. The molecule has 35 heavy (non-hydrogen) atoms. The van der Waals surface area contributed by atoms with E-state index in [4.69, 9.17) is 14.2 Å². The lowest BCUT2D eigenvalue weighted by Gasteiger charge is -2.10. The molecule has 1 aromatic heterocycles. The van der Waals surface area contributed by atoms with Crippen LogP contribution in [0.25, 0.3) is 17.0 Å². The summed E-state index contributed by atoms with van der Waals surface area (Å²) in [5.74, 6) is 1.06. The van der Waals surface area contributed by atoms with Crippen LogP contribution in [0.1, 0.15) is 44.3 Å². The van der Waals surface area contributed by atoms with Gasteiger partial charge in [-0.15, -0.1) is 0 Å². The molecule has 0 unspecified atom stereocenters. The maximum Gasteiger partial charge on any atom is 0.343 e. The predicted molar refractivity (Wildman–Crippen MR) is 134 cm³/mol. The second-order valence-corrected chi connectivity index (χ2v) is 8.52. The van der Waals surface area contributed by atoms with Gasteiger partial charge in [-0.3, -0.25) is 4.79 Å². The molecule has 0 fully saturated rings. The smallest absolute Gasteiger partial charge is 0.343 e. The molecular weight excluding hydrogens is 442 g/mol. The monoisotopic (exact) mass is 467 g/mol. The number of carbonyl (C=O) groups excluding carboxylic acids is 2. The minimum Gasteiger partial charge on any atom is -0.497 e. The first-order valence-electron chi connectivity index (χ1n) is 11.4. The quantitative estimate of drug-likeness (QED) is 0.201. The Kier molecular flexibility index (Phi) is 5.65. The Balaban J connectivity index is 1.48. The van der Waals surface area contributed by atoms with Gasteiger partial charge in [0.05, 0.1) is 18.2 Å². The standard InChI is InChI=1S/C29H25NO5/c1-5-30-16-20(23-15-21(33-4)9-11-24(23)30)14-26-27(31)22-10-12-25(18(3)28(22)34-26)35-29(32)19-8-6-7-17(2)13-19/h6-16H,5H2,1-4H3/b26-14-. The highest BCUT2D eigenvalue weighted by Gasteiger charge is 2.31. The van der Waals surface area contributed by atoms with Gasteiger partial charge in [0.15, 0.2) is 5.76 Å². The summed E-state index contributed by atoms with van der Waals surface area (Å²) in [5, 5.41) is 0.968. The predicted octanol–water partition coefficient (Wildman–Crippen LogP) is 6.12. The molecule has 1 aliphatic rings. The lowest BCUT2D eigenvalue weighted by molar-refractivity contribution is 0.0733. The molecule has 5 rings (SSSR count). The molecule has 0 aliphatic carbocycles. The number of esters is 1.